The van der Waals surface area contributed by atoms with Crippen LogP contribution in [0.4, 0.5) is 18.0 Å². The van der Waals surface area contributed by atoms with Crippen molar-refractivity contribution in [3.8, 4) is 17.1 Å². The highest BCUT2D eigenvalue weighted by Gasteiger charge is 2.36. The van der Waals surface area contributed by atoms with E-state index in [4.69, 9.17) is 9.26 Å². The summed E-state index contributed by atoms with van der Waals surface area (Å²) in [5, 5.41) is 3.98. The second-order valence-electron chi connectivity index (χ2n) is 7.49. The predicted molar refractivity (Wildman–Crippen MR) is 93.5 cm³/mol. The maximum Gasteiger partial charge on any atom is 0.573 e. The van der Waals surface area contributed by atoms with Crippen LogP contribution < -0.4 is 4.74 Å². The number of halogens is 3. The van der Waals surface area contributed by atoms with Crippen LogP contribution in [0.15, 0.2) is 34.9 Å². The molecule has 1 atom stereocenters. The van der Waals surface area contributed by atoms with E-state index in [2.05, 4.69) is 9.89 Å². The van der Waals surface area contributed by atoms with Crippen LogP contribution in [0.5, 0.6) is 5.75 Å². The minimum atomic E-state index is -4.82. The van der Waals surface area contributed by atoms with Gasteiger partial charge in [0, 0.05) is 12.6 Å². The molecule has 3 rings (SSSR count). The van der Waals surface area contributed by atoms with Crippen molar-refractivity contribution in [1.82, 2.24) is 10.1 Å². The number of likely N-dealkylation sites (tertiary alicyclic amines) is 1. The van der Waals surface area contributed by atoms with Gasteiger partial charge in [0.15, 0.2) is 5.76 Å². The molecule has 1 aromatic carbocycles. The van der Waals surface area contributed by atoms with Crippen molar-refractivity contribution < 1.29 is 32.0 Å². The predicted octanol–water partition coefficient (Wildman–Crippen LogP) is 5.31. The molecule has 0 radical (unpaired) electrons. The fraction of sp³-hybridized carbons (Fsp3) is 0.474. The molecule has 28 heavy (non-hydrogen) atoms. The Morgan fingerprint density at radius 3 is 2.64 bits per heavy atom. The Morgan fingerprint density at radius 1 is 1.25 bits per heavy atom. The molecule has 1 amide bonds. The van der Waals surface area contributed by atoms with Crippen LogP contribution in [0, 0.1) is 0 Å². The highest BCUT2D eigenvalue weighted by molar-refractivity contribution is 5.70. The van der Waals surface area contributed by atoms with E-state index in [1.165, 1.54) is 24.3 Å². The van der Waals surface area contributed by atoms with Crippen molar-refractivity contribution in [2.45, 2.75) is 51.6 Å². The van der Waals surface area contributed by atoms with Gasteiger partial charge in [0.2, 0.25) is 0 Å². The Balaban J connectivity index is 1.84. The molecule has 0 spiro atoms. The number of ether oxygens (including phenoxy) is 2. The number of hydrogen-bond donors (Lipinski definition) is 0. The van der Waals surface area contributed by atoms with E-state index in [-0.39, 0.29) is 23.1 Å². The molecule has 1 fully saturated rings. The molecule has 9 heteroatoms. The lowest BCUT2D eigenvalue weighted by Gasteiger charge is -2.27. The zero-order valence-electron chi connectivity index (χ0n) is 15.7. The molecule has 2 heterocycles. The number of para-hydroxylation sites is 1. The number of nitrogens with zero attached hydrogens (tertiary/aromatic N) is 2. The number of amides is 1. The summed E-state index contributed by atoms with van der Waals surface area (Å²) in [5.41, 5.74) is -0.0480. The quantitative estimate of drug-likeness (QED) is 0.701. The van der Waals surface area contributed by atoms with Crippen LogP contribution in [0.2, 0.25) is 0 Å². The summed E-state index contributed by atoms with van der Waals surface area (Å²) in [5.74, 6) is -0.251. The fourth-order valence-corrected chi connectivity index (χ4v) is 3.07. The number of hydrogen-bond acceptors (Lipinski definition) is 5. The summed E-state index contributed by atoms with van der Waals surface area (Å²) in [6.07, 6.45) is -3.86. The lowest BCUT2D eigenvalue weighted by molar-refractivity contribution is -0.274. The summed E-state index contributed by atoms with van der Waals surface area (Å²) in [6.45, 7) is 5.85. The molecule has 6 nitrogen and oxygen atoms in total. The molecule has 0 aliphatic carbocycles. The molecule has 152 valence electrons. The van der Waals surface area contributed by atoms with Gasteiger partial charge in [0.05, 0.1) is 11.6 Å². The first-order valence-corrected chi connectivity index (χ1v) is 8.85. The van der Waals surface area contributed by atoms with Gasteiger partial charge in [0.1, 0.15) is 17.0 Å². The Kier molecular flexibility index (Phi) is 5.27. The summed E-state index contributed by atoms with van der Waals surface area (Å²) < 4.78 is 52.7. The van der Waals surface area contributed by atoms with Crippen molar-refractivity contribution in [2.75, 3.05) is 6.54 Å². The molecular formula is C19H21F3N2O4. The number of aromatic nitrogens is 1. The van der Waals surface area contributed by atoms with Crippen LogP contribution in [-0.2, 0) is 4.74 Å². The zero-order valence-corrected chi connectivity index (χ0v) is 15.7. The number of alkyl halides is 3. The van der Waals surface area contributed by atoms with Crippen LogP contribution in [0.25, 0.3) is 11.3 Å². The van der Waals surface area contributed by atoms with Crippen molar-refractivity contribution in [3.63, 3.8) is 0 Å². The van der Waals surface area contributed by atoms with E-state index in [9.17, 15) is 18.0 Å². The molecule has 2 aromatic rings. The lowest BCUT2D eigenvalue weighted by Crippen LogP contribution is -2.36. The van der Waals surface area contributed by atoms with Crippen LogP contribution in [-0.4, -0.2) is 34.7 Å². The minimum absolute atomic E-state index is 0.125. The van der Waals surface area contributed by atoms with Crippen molar-refractivity contribution in [2.24, 2.45) is 0 Å². The summed E-state index contributed by atoms with van der Waals surface area (Å²) in [6, 6.07) is 6.83. The third kappa shape index (κ3) is 4.76. The summed E-state index contributed by atoms with van der Waals surface area (Å²) >= 11 is 0. The SMILES string of the molecule is CC(C)(C)OC(=O)N1CCC[C@H]1c1cc(-c2ccccc2OC(F)(F)F)on1. The monoisotopic (exact) mass is 398 g/mol. The second kappa shape index (κ2) is 7.37. The smallest absolute Gasteiger partial charge is 0.444 e. The molecule has 1 aliphatic rings. The second-order valence-corrected chi connectivity index (χ2v) is 7.49. The van der Waals surface area contributed by atoms with E-state index >= 15 is 0 Å². The van der Waals surface area contributed by atoms with Gasteiger partial charge in [-0.1, -0.05) is 17.3 Å². The zero-order chi connectivity index (χ0) is 20.5. The van der Waals surface area contributed by atoms with Gasteiger partial charge < -0.3 is 14.0 Å². The number of carbonyl (C=O) groups excluding carboxylic acids is 1. The molecule has 0 unspecified atom stereocenters. The highest BCUT2D eigenvalue weighted by Crippen LogP contribution is 2.38. The summed E-state index contributed by atoms with van der Waals surface area (Å²) in [7, 11) is 0. The molecule has 0 bridgehead atoms. The maximum atomic E-state index is 12.6. The molecule has 1 aromatic heterocycles. The first kappa shape index (κ1) is 20.0. The molecule has 1 saturated heterocycles. The standard InChI is InChI=1S/C19H21F3N2O4/c1-18(2,3)27-17(25)24-10-6-8-14(24)13-11-16(28-23-13)12-7-4-5-9-15(12)26-19(20,21)22/h4-5,7,9,11,14H,6,8,10H2,1-3H3/t14-/m0/s1. The third-order valence-electron chi connectivity index (χ3n) is 4.13. The van der Waals surface area contributed by atoms with Crippen molar-refractivity contribution >= 4 is 6.09 Å². The number of carbonyl (C=O) groups is 1. The Labute approximate surface area is 160 Å². The van der Waals surface area contributed by atoms with E-state index in [1.807, 2.05) is 0 Å². The largest absolute Gasteiger partial charge is 0.573 e. The van der Waals surface area contributed by atoms with Gasteiger partial charge in [-0.15, -0.1) is 13.2 Å². The molecule has 1 aliphatic heterocycles. The normalized spacial score (nSPS) is 17.6. The maximum absolute atomic E-state index is 12.6. The Hall–Kier alpha value is -2.71. The van der Waals surface area contributed by atoms with E-state index in [0.717, 1.165) is 6.42 Å². The molecule has 0 N–H and O–H groups in total. The fourth-order valence-electron chi connectivity index (χ4n) is 3.07. The molecule has 0 saturated carbocycles. The first-order chi connectivity index (χ1) is 13.0. The Bertz CT molecular complexity index is 842. The van der Waals surface area contributed by atoms with Crippen LogP contribution in [0.1, 0.15) is 45.3 Å². The van der Waals surface area contributed by atoms with Crippen LogP contribution in [0.3, 0.4) is 0 Å². The van der Waals surface area contributed by atoms with Crippen LogP contribution >= 0.6 is 0 Å². The van der Waals surface area contributed by atoms with E-state index in [0.29, 0.717) is 18.7 Å². The van der Waals surface area contributed by atoms with Gasteiger partial charge >= 0.3 is 12.5 Å². The number of rotatable bonds is 3. The van der Waals surface area contributed by atoms with Crippen molar-refractivity contribution in [3.05, 3.63) is 36.0 Å². The molecular weight excluding hydrogens is 377 g/mol. The van der Waals surface area contributed by atoms with Gasteiger partial charge in [-0.3, -0.25) is 4.90 Å². The van der Waals surface area contributed by atoms with Gasteiger partial charge in [0.25, 0.3) is 0 Å². The average Bonchev–Trinajstić information content (AvgIpc) is 3.21. The van der Waals surface area contributed by atoms with E-state index < -0.39 is 18.1 Å². The third-order valence-corrected chi connectivity index (χ3v) is 4.13. The average molecular weight is 398 g/mol. The lowest BCUT2D eigenvalue weighted by atomic mass is 10.1. The minimum Gasteiger partial charge on any atom is -0.444 e. The highest BCUT2D eigenvalue weighted by atomic mass is 19.4. The van der Waals surface area contributed by atoms with E-state index in [1.54, 1.807) is 31.7 Å². The Morgan fingerprint density at radius 2 is 1.96 bits per heavy atom. The first-order valence-electron chi connectivity index (χ1n) is 8.85. The van der Waals surface area contributed by atoms with Gasteiger partial charge in [-0.05, 0) is 45.7 Å². The van der Waals surface area contributed by atoms with Gasteiger partial charge in [-0.25, -0.2) is 4.79 Å². The van der Waals surface area contributed by atoms with Gasteiger partial charge in [-0.2, -0.15) is 0 Å². The number of benzene rings is 1. The summed E-state index contributed by atoms with van der Waals surface area (Å²) in [4.78, 5) is 14.0. The topological polar surface area (TPSA) is 64.8 Å². The van der Waals surface area contributed by atoms with Crippen molar-refractivity contribution in [1.29, 1.82) is 0 Å².